The molecule has 2 aliphatic rings. The molecule has 2 amide bonds. The van der Waals surface area contributed by atoms with E-state index in [2.05, 4.69) is 5.32 Å². The number of amides is 2. The normalized spacial score (nSPS) is 24.5. The number of urea groups is 1. The van der Waals surface area contributed by atoms with E-state index in [1.807, 2.05) is 26.0 Å². The summed E-state index contributed by atoms with van der Waals surface area (Å²) in [5.41, 5.74) is 0.827. The van der Waals surface area contributed by atoms with Crippen LogP contribution in [0.3, 0.4) is 0 Å². The van der Waals surface area contributed by atoms with Crippen molar-refractivity contribution in [3.05, 3.63) is 29.8 Å². The molecular formula is C25H39N3O5S. The molecule has 1 aliphatic carbocycles. The molecule has 0 spiro atoms. The maximum Gasteiger partial charge on any atom is 0.317 e. The van der Waals surface area contributed by atoms with Crippen LogP contribution in [0.2, 0.25) is 0 Å². The van der Waals surface area contributed by atoms with Gasteiger partial charge in [0, 0.05) is 31.6 Å². The Balaban J connectivity index is 1.89. The second-order valence-electron chi connectivity index (χ2n) is 9.61. The minimum Gasteiger partial charge on any atom is -0.487 e. The van der Waals surface area contributed by atoms with E-state index in [0.717, 1.165) is 31.2 Å². The number of carbonyl (C=O) groups is 1. The van der Waals surface area contributed by atoms with E-state index in [-0.39, 0.29) is 41.8 Å². The summed E-state index contributed by atoms with van der Waals surface area (Å²) in [4.78, 5) is 14.6. The minimum absolute atomic E-state index is 0.0762. The molecule has 2 N–H and O–H groups in total. The highest BCUT2D eigenvalue weighted by molar-refractivity contribution is 7.89. The van der Waals surface area contributed by atoms with Crippen molar-refractivity contribution in [2.24, 2.45) is 5.92 Å². The third kappa shape index (κ3) is 6.12. The maximum absolute atomic E-state index is 13.5. The van der Waals surface area contributed by atoms with Crippen molar-refractivity contribution in [3.8, 4) is 5.75 Å². The smallest absolute Gasteiger partial charge is 0.317 e. The number of carbonyl (C=O) groups excluding carboxylic acids is 1. The third-order valence-electron chi connectivity index (χ3n) is 6.78. The van der Waals surface area contributed by atoms with Crippen LogP contribution in [0.15, 0.2) is 29.2 Å². The molecule has 1 aromatic rings. The Hall–Kier alpha value is -2.10. The lowest BCUT2D eigenvalue weighted by atomic mass is 9.96. The molecule has 3 atom stereocenters. The van der Waals surface area contributed by atoms with Crippen molar-refractivity contribution in [1.29, 1.82) is 0 Å². The van der Waals surface area contributed by atoms with Gasteiger partial charge in [-0.15, -0.1) is 0 Å². The van der Waals surface area contributed by atoms with Gasteiger partial charge in [-0.05, 0) is 44.4 Å². The van der Waals surface area contributed by atoms with Crippen molar-refractivity contribution in [2.75, 3.05) is 26.7 Å². The number of nitrogens with zero attached hydrogens (tertiary/aromatic N) is 2. The van der Waals surface area contributed by atoms with E-state index in [9.17, 15) is 18.3 Å². The number of nitrogens with one attached hydrogen (secondary N) is 1. The van der Waals surface area contributed by atoms with Crippen LogP contribution in [0.1, 0.15) is 58.4 Å². The number of hydrogen-bond donors (Lipinski definition) is 2. The Morgan fingerprint density at radius 3 is 2.68 bits per heavy atom. The van der Waals surface area contributed by atoms with Crippen LogP contribution in [-0.2, 0) is 10.0 Å². The molecule has 190 valence electrons. The summed E-state index contributed by atoms with van der Waals surface area (Å²) < 4.78 is 34.7. The van der Waals surface area contributed by atoms with Crippen LogP contribution in [0.5, 0.6) is 5.75 Å². The fourth-order valence-electron chi connectivity index (χ4n) is 4.64. The molecule has 3 rings (SSSR count). The molecule has 1 aliphatic heterocycles. The Morgan fingerprint density at radius 1 is 1.32 bits per heavy atom. The summed E-state index contributed by atoms with van der Waals surface area (Å²) in [6.07, 6.45) is 8.83. The number of likely N-dealkylation sites (N-methyl/N-ethyl adjacent to an activating group) is 1. The van der Waals surface area contributed by atoms with Gasteiger partial charge in [-0.25, -0.2) is 13.2 Å². The van der Waals surface area contributed by atoms with E-state index in [0.29, 0.717) is 6.54 Å². The lowest BCUT2D eigenvalue weighted by Gasteiger charge is -2.37. The van der Waals surface area contributed by atoms with E-state index in [1.54, 1.807) is 37.1 Å². The molecule has 8 nitrogen and oxygen atoms in total. The molecule has 1 aromatic carbocycles. The SMILES string of the molecule is C/C=C/c1ccc2c(c1)O[C@H](CN(C)C(=O)NC1CCCCC1)[C@@H](C)CN([C@@H](C)CO)S2(=O)=O. The summed E-state index contributed by atoms with van der Waals surface area (Å²) in [5.74, 6) is 0.0515. The van der Waals surface area contributed by atoms with E-state index < -0.39 is 22.2 Å². The molecule has 0 saturated heterocycles. The highest BCUT2D eigenvalue weighted by atomic mass is 32.2. The second-order valence-corrected chi connectivity index (χ2v) is 11.5. The highest BCUT2D eigenvalue weighted by Gasteiger charge is 2.38. The molecular weight excluding hydrogens is 454 g/mol. The number of aliphatic hydroxyl groups excluding tert-OH is 1. The summed E-state index contributed by atoms with van der Waals surface area (Å²) in [6.45, 7) is 5.72. The van der Waals surface area contributed by atoms with Gasteiger partial charge in [-0.1, -0.05) is 44.4 Å². The number of aliphatic hydroxyl groups is 1. The summed E-state index contributed by atoms with van der Waals surface area (Å²) in [7, 11) is -2.13. The van der Waals surface area contributed by atoms with Gasteiger partial charge in [-0.2, -0.15) is 4.31 Å². The van der Waals surface area contributed by atoms with Gasteiger partial charge in [0.25, 0.3) is 0 Å². The van der Waals surface area contributed by atoms with Crippen molar-refractivity contribution in [1.82, 2.24) is 14.5 Å². The average molecular weight is 494 g/mol. The Labute approximate surface area is 204 Å². The number of benzene rings is 1. The lowest BCUT2D eigenvalue weighted by molar-refractivity contribution is 0.0806. The number of sulfonamides is 1. The molecule has 9 heteroatoms. The van der Waals surface area contributed by atoms with E-state index >= 15 is 0 Å². The zero-order valence-electron chi connectivity index (χ0n) is 20.7. The Kier molecular flexibility index (Phi) is 9.01. The van der Waals surface area contributed by atoms with Crippen molar-refractivity contribution >= 4 is 22.1 Å². The zero-order chi connectivity index (χ0) is 24.9. The predicted octanol–water partition coefficient (Wildman–Crippen LogP) is 3.46. The van der Waals surface area contributed by atoms with Crippen molar-refractivity contribution < 1.29 is 23.1 Å². The van der Waals surface area contributed by atoms with Gasteiger partial charge in [0.05, 0.1) is 13.2 Å². The molecule has 0 bridgehead atoms. The molecule has 0 radical (unpaired) electrons. The maximum atomic E-state index is 13.5. The van der Waals surface area contributed by atoms with Gasteiger partial charge < -0.3 is 20.1 Å². The van der Waals surface area contributed by atoms with Crippen LogP contribution in [0.4, 0.5) is 4.79 Å². The van der Waals surface area contributed by atoms with Gasteiger partial charge in [0.2, 0.25) is 10.0 Å². The molecule has 0 aromatic heterocycles. The zero-order valence-corrected chi connectivity index (χ0v) is 21.6. The van der Waals surface area contributed by atoms with Crippen LogP contribution in [0, 0.1) is 5.92 Å². The van der Waals surface area contributed by atoms with Crippen molar-refractivity contribution in [2.45, 2.75) is 76.0 Å². The van der Waals surface area contributed by atoms with Gasteiger partial charge in [-0.3, -0.25) is 0 Å². The fraction of sp³-hybridized carbons (Fsp3) is 0.640. The molecule has 34 heavy (non-hydrogen) atoms. The quantitative estimate of drug-likeness (QED) is 0.632. The first-order valence-electron chi connectivity index (χ1n) is 12.2. The van der Waals surface area contributed by atoms with E-state index in [1.165, 1.54) is 10.7 Å². The monoisotopic (exact) mass is 493 g/mol. The van der Waals surface area contributed by atoms with Crippen LogP contribution in [-0.4, -0.2) is 73.7 Å². The van der Waals surface area contributed by atoms with E-state index in [4.69, 9.17) is 4.74 Å². The first-order chi connectivity index (χ1) is 16.2. The standard InChI is InChI=1S/C25H39N3O5S/c1-5-9-20-12-13-24-22(14-20)33-23(18(2)15-28(19(3)17-29)34(24,31)32)16-27(4)25(30)26-21-10-7-6-8-11-21/h5,9,12-14,18-19,21,23,29H,6-8,10-11,15-17H2,1-4H3,(H,26,30)/b9-5+/t18-,19-,23+/m0/s1. The number of rotatable bonds is 6. The van der Waals surface area contributed by atoms with Gasteiger partial charge in [0.1, 0.15) is 16.7 Å². The number of ether oxygens (including phenoxy) is 1. The van der Waals surface area contributed by atoms with Crippen LogP contribution in [0.25, 0.3) is 6.08 Å². The molecule has 0 unspecified atom stereocenters. The number of hydrogen-bond acceptors (Lipinski definition) is 5. The fourth-order valence-corrected chi connectivity index (χ4v) is 6.47. The minimum atomic E-state index is -3.87. The van der Waals surface area contributed by atoms with Crippen molar-refractivity contribution in [3.63, 3.8) is 0 Å². The predicted molar refractivity (Wildman–Crippen MR) is 133 cm³/mol. The topological polar surface area (TPSA) is 99.2 Å². The second kappa shape index (κ2) is 11.6. The lowest BCUT2D eigenvalue weighted by Crippen LogP contribution is -2.52. The van der Waals surface area contributed by atoms with Gasteiger partial charge >= 0.3 is 6.03 Å². The van der Waals surface area contributed by atoms with Crippen LogP contribution < -0.4 is 10.1 Å². The molecule has 1 fully saturated rings. The third-order valence-corrected chi connectivity index (χ3v) is 8.80. The summed E-state index contributed by atoms with van der Waals surface area (Å²) >= 11 is 0. The molecule has 1 heterocycles. The highest BCUT2D eigenvalue weighted by Crippen LogP contribution is 2.34. The first-order valence-corrected chi connectivity index (χ1v) is 13.7. The Morgan fingerprint density at radius 2 is 2.03 bits per heavy atom. The van der Waals surface area contributed by atoms with Crippen LogP contribution >= 0.6 is 0 Å². The first kappa shape index (κ1) is 26.5. The van der Waals surface area contributed by atoms with Gasteiger partial charge in [0.15, 0.2) is 0 Å². The molecule has 1 saturated carbocycles. The number of allylic oxidation sites excluding steroid dienone is 1. The Bertz CT molecular complexity index is 975. The summed E-state index contributed by atoms with van der Waals surface area (Å²) in [5, 5.41) is 12.9. The summed E-state index contributed by atoms with van der Waals surface area (Å²) in [6, 6.07) is 4.51. The average Bonchev–Trinajstić information content (AvgIpc) is 2.81. The largest absolute Gasteiger partial charge is 0.487 e. The number of fused-ring (bicyclic) bond motifs is 1.